The highest BCUT2D eigenvalue weighted by Crippen LogP contribution is 2.18. The number of non-ortho nitro benzene ring substituents is 1. The number of nitrogens with zero attached hydrogens (tertiary/aromatic N) is 1. The first-order chi connectivity index (χ1) is 13.3. The van der Waals surface area contributed by atoms with E-state index in [9.17, 15) is 19.7 Å². The third-order valence-electron chi connectivity index (χ3n) is 3.77. The van der Waals surface area contributed by atoms with Gasteiger partial charge in [-0.1, -0.05) is 26.0 Å². The molecule has 0 atom stereocenters. The van der Waals surface area contributed by atoms with Crippen molar-refractivity contribution in [3.8, 4) is 5.75 Å². The molecule has 0 aliphatic rings. The van der Waals surface area contributed by atoms with Gasteiger partial charge in [0.15, 0.2) is 6.61 Å². The predicted octanol–water partition coefficient (Wildman–Crippen LogP) is 2.96. The molecule has 0 saturated carbocycles. The van der Waals surface area contributed by atoms with Crippen LogP contribution in [0.2, 0.25) is 0 Å². The number of nitro groups is 1. The topological polar surface area (TPSA) is 111 Å². The second kappa shape index (κ2) is 9.86. The van der Waals surface area contributed by atoms with Crippen LogP contribution in [0.25, 0.3) is 6.08 Å². The molecule has 2 rings (SSSR count). The second-order valence-corrected chi connectivity index (χ2v) is 6.23. The van der Waals surface area contributed by atoms with Crippen LogP contribution >= 0.6 is 0 Å². The van der Waals surface area contributed by atoms with Gasteiger partial charge in [0.2, 0.25) is 0 Å². The zero-order valence-corrected chi connectivity index (χ0v) is 15.5. The Morgan fingerprint density at radius 2 is 1.71 bits per heavy atom. The van der Waals surface area contributed by atoms with E-state index in [0.717, 1.165) is 0 Å². The summed E-state index contributed by atoms with van der Waals surface area (Å²) >= 11 is 0. The Morgan fingerprint density at radius 1 is 1.07 bits per heavy atom. The molecular weight excluding hydrogens is 362 g/mol. The third-order valence-corrected chi connectivity index (χ3v) is 3.77. The average molecular weight is 383 g/mol. The predicted molar refractivity (Wildman–Crippen MR) is 104 cm³/mol. The average Bonchev–Trinajstić information content (AvgIpc) is 2.69. The first kappa shape index (κ1) is 20.6. The van der Waals surface area contributed by atoms with E-state index in [1.54, 1.807) is 12.1 Å². The van der Waals surface area contributed by atoms with Gasteiger partial charge in [-0.15, -0.1) is 0 Å². The number of carbonyl (C=O) groups excluding carboxylic acids is 2. The van der Waals surface area contributed by atoms with Crippen LogP contribution in [-0.4, -0.2) is 23.3 Å². The Kier molecular flexibility index (Phi) is 7.27. The molecule has 0 unspecified atom stereocenters. The van der Waals surface area contributed by atoms with Crippen LogP contribution in [0.1, 0.15) is 30.9 Å². The van der Waals surface area contributed by atoms with E-state index >= 15 is 0 Å². The first-order valence-electron chi connectivity index (χ1n) is 8.59. The molecule has 0 heterocycles. The summed E-state index contributed by atoms with van der Waals surface area (Å²) in [6.45, 7) is 3.93. The van der Waals surface area contributed by atoms with Crippen LogP contribution in [0.4, 0.5) is 5.69 Å². The Morgan fingerprint density at radius 3 is 2.29 bits per heavy atom. The van der Waals surface area contributed by atoms with E-state index < -0.39 is 16.7 Å². The van der Waals surface area contributed by atoms with Gasteiger partial charge in [-0.2, -0.15) is 0 Å². The summed E-state index contributed by atoms with van der Waals surface area (Å²) in [6, 6.07) is 13.1. The van der Waals surface area contributed by atoms with Crippen molar-refractivity contribution in [2.24, 2.45) is 0 Å². The zero-order chi connectivity index (χ0) is 20.5. The van der Waals surface area contributed by atoms with Gasteiger partial charge in [-0.05, 0) is 47.4 Å². The minimum absolute atomic E-state index is 0.0345. The zero-order valence-electron chi connectivity index (χ0n) is 15.5. The minimum Gasteiger partial charge on any atom is -0.484 e. The van der Waals surface area contributed by atoms with Crippen molar-refractivity contribution in [2.75, 3.05) is 6.61 Å². The molecule has 0 fully saturated rings. The lowest BCUT2D eigenvalue weighted by Crippen LogP contribution is -2.43. The number of hydrazine groups is 1. The smallest absolute Gasteiger partial charge is 0.276 e. The summed E-state index contributed by atoms with van der Waals surface area (Å²) in [6.07, 6.45) is 2.67. The SMILES string of the molecule is CC(C)c1ccc(OCC(=O)NNC(=O)/C=C/c2ccc([N+](=O)[O-])cc2)cc1. The molecule has 0 aliphatic carbocycles. The highest BCUT2D eigenvalue weighted by molar-refractivity contribution is 5.93. The van der Waals surface area contributed by atoms with Gasteiger partial charge in [0.25, 0.3) is 17.5 Å². The summed E-state index contributed by atoms with van der Waals surface area (Å²) < 4.78 is 5.36. The van der Waals surface area contributed by atoms with Crippen LogP contribution in [0.5, 0.6) is 5.75 Å². The van der Waals surface area contributed by atoms with Gasteiger partial charge in [0.05, 0.1) is 4.92 Å². The van der Waals surface area contributed by atoms with Gasteiger partial charge in [0, 0.05) is 18.2 Å². The molecule has 8 nitrogen and oxygen atoms in total. The fourth-order valence-electron chi connectivity index (χ4n) is 2.19. The molecule has 0 aromatic heterocycles. The number of rotatable bonds is 7. The van der Waals surface area contributed by atoms with Crippen molar-refractivity contribution >= 4 is 23.6 Å². The number of ether oxygens (including phenoxy) is 1. The van der Waals surface area contributed by atoms with E-state index in [1.807, 2.05) is 12.1 Å². The van der Waals surface area contributed by atoms with E-state index in [4.69, 9.17) is 4.74 Å². The fourth-order valence-corrected chi connectivity index (χ4v) is 2.19. The molecule has 146 valence electrons. The lowest BCUT2D eigenvalue weighted by molar-refractivity contribution is -0.384. The van der Waals surface area contributed by atoms with Crippen LogP contribution in [0.15, 0.2) is 54.6 Å². The van der Waals surface area contributed by atoms with E-state index in [2.05, 4.69) is 24.7 Å². The molecule has 0 bridgehead atoms. The molecule has 0 aliphatic heterocycles. The normalized spacial score (nSPS) is 10.7. The number of amides is 2. The number of nitro benzene ring substituents is 1. The number of benzene rings is 2. The largest absolute Gasteiger partial charge is 0.484 e. The molecule has 0 radical (unpaired) electrons. The summed E-state index contributed by atoms with van der Waals surface area (Å²) in [7, 11) is 0. The number of hydrogen-bond acceptors (Lipinski definition) is 5. The summed E-state index contributed by atoms with van der Waals surface area (Å²) in [5.41, 5.74) is 6.21. The maximum atomic E-state index is 11.7. The number of carbonyl (C=O) groups is 2. The first-order valence-corrected chi connectivity index (χ1v) is 8.59. The molecular formula is C20H21N3O5. The Balaban J connectivity index is 1.74. The second-order valence-electron chi connectivity index (χ2n) is 6.23. The van der Waals surface area contributed by atoms with Crippen molar-refractivity contribution in [3.63, 3.8) is 0 Å². The highest BCUT2D eigenvalue weighted by atomic mass is 16.6. The quantitative estimate of drug-likeness (QED) is 0.434. The summed E-state index contributed by atoms with van der Waals surface area (Å²) in [5.74, 6) is -0.0893. The van der Waals surface area contributed by atoms with Gasteiger partial charge < -0.3 is 4.74 Å². The van der Waals surface area contributed by atoms with E-state index in [1.165, 1.54) is 42.0 Å². The molecule has 0 saturated heterocycles. The van der Waals surface area contributed by atoms with Crippen LogP contribution in [-0.2, 0) is 9.59 Å². The number of nitrogens with one attached hydrogen (secondary N) is 2. The molecule has 2 N–H and O–H groups in total. The van der Waals surface area contributed by atoms with Crippen molar-refractivity contribution in [3.05, 3.63) is 75.8 Å². The monoisotopic (exact) mass is 383 g/mol. The summed E-state index contributed by atoms with van der Waals surface area (Å²) in [5, 5.41) is 10.6. The van der Waals surface area contributed by atoms with Crippen molar-refractivity contribution < 1.29 is 19.2 Å². The summed E-state index contributed by atoms with van der Waals surface area (Å²) in [4.78, 5) is 33.5. The van der Waals surface area contributed by atoms with Crippen LogP contribution in [0.3, 0.4) is 0 Å². The molecule has 2 amide bonds. The fraction of sp³-hybridized carbons (Fsp3) is 0.200. The number of hydrogen-bond donors (Lipinski definition) is 2. The van der Waals surface area contributed by atoms with Gasteiger partial charge in [-0.3, -0.25) is 30.6 Å². The molecule has 2 aromatic rings. The van der Waals surface area contributed by atoms with Crippen molar-refractivity contribution in [1.29, 1.82) is 0 Å². The van der Waals surface area contributed by atoms with Crippen molar-refractivity contribution in [2.45, 2.75) is 19.8 Å². The van der Waals surface area contributed by atoms with Crippen molar-refractivity contribution in [1.82, 2.24) is 10.9 Å². The molecule has 2 aromatic carbocycles. The van der Waals surface area contributed by atoms with Crippen LogP contribution < -0.4 is 15.6 Å². The third kappa shape index (κ3) is 6.56. The van der Waals surface area contributed by atoms with E-state index in [0.29, 0.717) is 17.2 Å². The minimum atomic E-state index is -0.548. The van der Waals surface area contributed by atoms with Gasteiger partial charge in [0.1, 0.15) is 5.75 Å². The Hall–Kier alpha value is -3.68. The highest BCUT2D eigenvalue weighted by Gasteiger charge is 2.06. The molecule has 8 heteroatoms. The van der Waals surface area contributed by atoms with Gasteiger partial charge >= 0.3 is 0 Å². The Labute approximate surface area is 162 Å². The maximum absolute atomic E-state index is 11.7. The maximum Gasteiger partial charge on any atom is 0.276 e. The molecule has 0 spiro atoms. The van der Waals surface area contributed by atoms with E-state index in [-0.39, 0.29) is 12.3 Å². The molecule has 28 heavy (non-hydrogen) atoms. The van der Waals surface area contributed by atoms with Gasteiger partial charge in [-0.25, -0.2) is 0 Å². The standard InChI is InChI=1S/C20H21N3O5/c1-14(2)16-6-10-18(11-7-16)28-13-20(25)22-21-19(24)12-5-15-3-8-17(9-4-15)23(26)27/h3-12,14H,13H2,1-2H3,(H,21,24)(H,22,25)/b12-5+. The lowest BCUT2D eigenvalue weighted by atomic mass is 10.0. The lowest BCUT2D eigenvalue weighted by Gasteiger charge is -2.09. The van der Waals surface area contributed by atoms with Crippen LogP contribution in [0, 0.1) is 10.1 Å². The Bertz CT molecular complexity index is 858.